The molecule has 0 aliphatic rings. The number of rotatable bonds is 3. The van der Waals surface area contributed by atoms with E-state index in [1.807, 2.05) is 36.1 Å². The maximum atomic E-state index is 10.5. The summed E-state index contributed by atoms with van der Waals surface area (Å²) in [6.07, 6.45) is 5.07. The van der Waals surface area contributed by atoms with Crippen molar-refractivity contribution in [2.24, 2.45) is 12.8 Å². The van der Waals surface area contributed by atoms with E-state index in [9.17, 15) is 4.79 Å². The minimum atomic E-state index is -0.247. The summed E-state index contributed by atoms with van der Waals surface area (Å²) in [5.74, 6) is -0.247. The molecule has 1 rings (SSSR count). The van der Waals surface area contributed by atoms with Gasteiger partial charge in [-0.1, -0.05) is 0 Å². The average molecular weight is 292 g/mol. The molecule has 0 radical (unpaired) electrons. The maximum absolute atomic E-state index is 10.5. The number of amides is 1. The summed E-state index contributed by atoms with van der Waals surface area (Å²) in [5, 5.41) is 0. The van der Waals surface area contributed by atoms with Crippen molar-refractivity contribution in [1.82, 2.24) is 0 Å². The summed E-state index contributed by atoms with van der Waals surface area (Å²) >= 11 is 0. The van der Waals surface area contributed by atoms with Crippen molar-refractivity contribution >= 4 is 5.91 Å². The third-order valence-electron chi connectivity index (χ3n) is 1.71. The van der Waals surface area contributed by atoms with Gasteiger partial charge in [-0.25, -0.2) is 4.57 Å². The van der Waals surface area contributed by atoms with Gasteiger partial charge in [-0.15, -0.1) is 0 Å². The Morgan fingerprint density at radius 3 is 2.46 bits per heavy atom. The number of carbonyl (C=O) groups is 1. The Kier molecular flexibility index (Phi) is 5.61. The topological polar surface area (TPSA) is 47.0 Å². The second-order valence-corrected chi connectivity index (χ2v) is 2.84. The van der Waals surface area contributed by atoms with Crippen molar-refractivity contribution in [3.05, 3.63) is 30.1 Å². The first-order chi connectivity index (χ1) is 5.68. The number of aromatic nitrogens is 1. The highest BCUT2D eigenvalue weighted by atomic mass is 127. The number of carbonyl (C=O) groups excluding carboxylic acids is 1. The van der Waals surface area contributed by atoms with E-state index in [1.54, 1.807) is 0 Å². The number of nitrogens with two attached hydrogens (primary N) is 1. The van der Waals surface area contributed by atoms with Crippen molar-refractivity contribution in [1.29, 1.82) is 0 Å². The summed E-state index contributed by atoms with van der Waals surface area (Å²) in [5.41, 5.74) is 6.17. The summed E-state index contributed by atoms with van der Waals surface area (Å²) in [4.78, 5) is 10.5. The van der Waals surface area contributed by atoms with E-state index in [4.69, 9.17) is 5.73 Å². The van der Waals surface area contributed by atoms with Gasteiger partial charge < -0.3 is 29.7 Å². The molecule has 1 heterocycles. The van der Waals surface area contributed by atoms with Crippen LogP contribution in [-0.2, 0) is 18.3 Å². The number of primary amides is 1. The first-order valence-electron chi connectivity index (χ1n) is 3.91. The Bertz CT molecular complexity index is 271. The van der Waals surface area contributed by atoms with Crippen LogP contribution >= 0.6 is 0 Å². The van der Waals surface area contributed by atoms with E-state index in [1.165, 1.54) is 0 Å². The smallest absolute Gasteiger partial charge is 0.217 e. The molecule has 0 fully saturated rings. The Labute approximate surface area is 95.0 Å². The average Bonchev–Trinajstić information content (AvgIpc) is 2.03. The lowest BCUT2D eigenvalue weighted by molar-refractivity contribution is -0.671. The van der Waals surface area contributed by atoms with Gasteiger partial charge in [0.05, 0.1) is 0 Å². The minimum Gasteiger partial charge on any atom is -1.00 e. The zero-order valence-corrected chi connectivity index (χ0v) is 9.69. The van der Waals surface area contributed by atoms with Gasteiger partial charge in [0.1, 0.15) is 7.05 Å². The summed E-state index contributed by atoms with van der Waals surface area (Å²) in [6.45, 7) is 0. The lowest BCUT2D eigenvalue weighted by Gasteiger charge is -1.95. The van der Waals surface area contributed by atoms with Crippen LogP contribution in [0.1, 0.15) is 12.0 Å². The molecule has 0 atom stereocenters. The van der Waals surface area contributed by atoms with E-state index >= 15 is 0 Å². The number of hydrogen-bond donors (Lipinski definition) is 1. The minimum absolute atomic E-state index is 0. The van der Waals surface area contributed by atoms with Gasteiger partial charge in [-0.05, 0) is 12.0 Å². The fraction of sp³-hybridized carbons (Fsp3) is 0.333. The van der Waals surface area contributed by atoms with Gasteiger partial charge in [-0.3, -0.25) is 4.79 Å². The largest absolute Gasteiger partial charge is 1.00 e. The van der Waals surface area contributed by atoms with Crippen LogP contribution in [0.5, 0.6) is 0 Å². The first-order valence-corrected chi connectivity index (χ1v) is 3.91. The lowest BCUT2D eigenvalue weighted by Crippen LogP contribution is -3.00. The number of halogens is 1. The van der Waals surface area contributed by atoms with Gasteiger partial charge in [0.15, 0.2) is 12.4 Å². The quantitative estimate of drug-likeness (QED) is 0.466. The van der Waals surface area contributed by atoms with Crippen LogP contribution in [0, 0.1) is 0 Å². The van der Waals surface area contributed by atoms with Crippen LogP contribution in [-0.4, -0.2) is 5.91 Å². The van der Waals surface area contributed by atoms with Gasteiger partial charge in [-0.2, -0.15) is 0 Å². The number of nitrogens with zero attached hydrogens (tertiary/aromatic N) is 1. The standard InChI is InChI=1S/C9H12N2O.HI/c1-11-6-4-8(5-7-11)2-3-9(10)12;/h4-7H,2-3H2,1H3,(H-,10,12);1H. The van der Waals surface area contributed by atoms with Crippen LogP contribution in [0.2, 0.25) is 0 Å². The Balaban J connectivity index is 0.00000144. The molecule has 0 spiro atoms. The first kappa shape index (κ1) is 12.3. The molecule has 0 unspecified atom stereocenters. The molecule has 0 aliphatic carbocycles. The predicted octanol–water partition coefficient (Wildman–Crippen LogP) is -3.07. The van der Waals surface area contributed by atoms with Crippen molar-refractivity contribution < 1.29 is 33.3 Å². The molecular formula is C9H13IN2O. The molecule has 1 aromatic rings. The second kappa shape index (κ2) is 5.90. The highest BCUT2D eigenvalue weighted by Gasteiger charge is 1.98. The normalized spacial score (nSPS) is 9.00. The summed E-state index contributed by atoms with van der Waals surface area (Å²) < 4.78 is 1.95. The number of hydrogen-bond acceptors (Lipinski definition) is 1. The van der Waals surface area contributed by atoms with Gasteiger partial charge >= 0.3 is 0 Å². The maximum Gasteiger partial charge on any atom is 0.217 e. The van der Waals surface area contributed by atoms with Crippen LogP contribution in [0.25, 0.3) is 0 Å². The van der Waals surface area contributed by atoms with Crippen molar-refractivity contribution in [2.45, 2.75) is 12.8 Å². The molecule has 4 heteroatoms. The molecule has 0 aliphatic heterocycles. The lowest BCUT2D eigenvalue weighted by atomic mass is 10.1. The molecule has 3 nitrogen and oxygen atoms in total. The highest BCUT2D eigenvalue weighted by molar-refractivity contribution is 5.73. The fourth-order valence-corrected chi connectivity index (χ4v) is 0.966. The zero-order valence-electron chi connectivity index (χ0n) is 7.53. The zero-order chi connectivity index (χ0) is 8.97. The van der Waals surface area contributed by atoms with E-state index in [-0.39, 0.29) is 29.9 Å². The second-order valence-electron chi connectivity index (χ2n) is 2.84. The predicted molar refractivity (Wildman–Crippen MR) is 45.1 cm³/mol. The van der Waals surface area contributed by atoms with Crippen LogP contribution in [0.4, 0.5) is 0 Å². The number of aryl methyl sites for hydroxylation is 2. The Hall–Kier alpha value is -0.650. The van der Waals surface area contributed by atoms with Crippen LogP contribution < -0.4 is 34.3 Å². The molecule has 0 saturated heterocycles. The molecule has 13 heavy (non-hydrogen) atoms. The molecule has 0 saturated carbocycles. The van der Waals surface area contributed by atoms with Gasteiger partial charge in [0.2, 0.25) is 5.91 Å². The third kappa shape index (κ3) is 4.82. The van der Waals surface area contributed by atoms with E-state index in [0.29, 0.717) is 6.42 Å². The van der Waals surface area contributed by atoms with E-state index in [0.717, 1.165) is 12.0 Å². The Morgan fingerprint density at radius 1 is 1.46 bits per heavy atom. The highest BCUT2D eigenvalue weighted by Crippen LogP contribution is 1.98. The fourth-order valence-electron chi connectivity index (χ4n) is 0.966. The molecule has 0 aromatic carbocycles. The molecular weight excluding hydrogens is 279 g/mol. The molecule has 0 bridgehead atoms. The van der Waals surface area contributed by atoms with Crippen LogP contribution in [0.3, 0.4) is 0 Å². The SMILES string of the molecule is C[n+]1ccc(CCC(N)=O)cc1.[I-]. The molecule has 1 aromatic heterocycles. The summed E-state index contributed by atoms with van der Waals surface area (Å²) in [7, 11) is 1.96. The third-order valence-corrected chi connectivity index (χ3v) is 1.71. The van der Waals surface area contributed by atoms with Gasteiger partial charge in [0.25, 0.3) is 0 Å². The van der Waals surface area contributed by atoms with Crippen molar-refractivity contribution in [3.63, 3.8) is 0 Å². The molecule has 72 valence electrons. The van der Waals surface area contributed by atoms with Crippen LogP contribution in [0.15, 0.2) is 24.5 Å². The Morgan fingerprint density at radius 2 is 2.00 bits per heavy atom. The van der Waals surface area contributed by atoms with Crippen molar-refractivity contribution in [3.8, 4) is 0 Å². The van der Waals surface area contributed by atoms with Crippen molar-refractivity contribution in [2.75, 3.05) is 0 Å². The molecule has 2 N–H and O–H groups in total. The van der Waals surface area contributed by atoms with E-state index < -0.39 is 0 Å². The van der Waals surface area contributed by atoms with E-state index in [2.05, 4.69) is 0 Å². The molecule has 1 amide bonds. The number of pyridine rings is 1. The van der Waals surface area contributed by atoms with Gasteiger partial charge in [0, 0.05) is 18.6 Å². The summed E-state index contributed by atoms with van der Waals surface area (Å²) in [6, 6.07) is 3.98. The monoisotopic (exact) mass is 292 g/mol.